The molecule has 3 heterocycles. The predicted octanol–water partition coefficient (Wildman–Crippen LogP) is 4.47. The molecule has 1 aromatic heterocycles. The van der Waals surface area contributed by atoms with Gasteiger partial charge in [0.1, 0.15) is 6.04 Å². The maximum absolute atomic E-state index is 5.70. The Kier molecular flexibility index (Phi) is 5.25. The minimum atomic E-state index is -0.00861. The summed E-state index contributed by atoms with van der Waals surface area (Å²) in [7, 11) is 1.69. The van der Waals surface area contributed by atoms with Gasteiger partial charge in [-0.2, -0.15) is 0 Å². The number of hydrogen-bond donors (Lipinski definition) is 0. The quantitative estimate of drug-likeness (QED) is 0.737. The number of hydrogen-bond acceptors (Lipinski definition) is 6. The second-order valence-corrected chi connectivity index (χ2v) is 7.67. The largest absolute Gasteiger partial charge is 0.493 e. The molecule has 2 aliphatic rings. The molecule has 3 atom stereocenters. The van der Waals surface area contributed by atoms with Gasteiger partial charge in [-0.15, -0.1) is 0 Å². The molecule has 0 radical (unpaired) electrons. The third-order valence-electron chi connectivity index (χ3n) is 5.16. The van der Waals surface area contributed by atoms with Gasteiger partial charge in [0, 0.05) is 18.0 Å². The summed E-state index contributed by atoms with van der Waals surface area (Å²) < 4.78 is 11.3. The lowest BCUT2D eigenvalue weighted by Crippen LogP contribution is -2.35. The maximum atomic E-state index is 5.70. The number of ether oxygens (including phenoxy) is 2. The number of fused-ring (bicyclic) bond motifs is 1. The zero-order valence-corrected chi connectivity index (χ0v) is 16.8. The Labute approximate surface area is 164 Å². The van der Waals surface area contributed by atoms with Gasteiger partial charge < -0.3 is 14.4 Å². The van der Waals surface area contributed by atoms with E-state index in [4.69, 9.17) is 14.5 Å². The smallest absolute Gasteiger partial charge is 0.161 e. The second kappa shape index (κ2) is 7.80. The van der Waals surface area contributed by atoms with Crippen molar-refractivity contribution in [3.8, 4) is 11.5 Å². The highest BCUT2D eigenvalue weighted by Crippen LogP contribution is 2.49. The number of pyridine rings is 1. The van der Waals surface area contributed by atoms with Crippen LogP contribution in [-0.2, 0) is 0 Å². The number of rotatable bonds is 6. The van der Waals surface area contributed by atoms with Crippen LogP contribution in [0.3, 0.4) is 0 Å². The molecule has 0 unspecified atom stereocenters. The molecule has 4 rings (SSSR count). The molecule has 1 fully saturated rings. The second-order valence-electron chi connectivity index (χ2n) is 6.68. The number of nitrogens with zero attached hydrogens (tertiary/aromatic N) is 3. The molecule has 2 aliphatic heterocycles. The first-order valence-corrected chi connectivity index (χ1v) is 10.5. The van der Waals surface area contributed by atoms with Crippen molar-refractivity contribution in [1.82, 2.24) is 9.88 Å². The van der Waals surface area contributed by atoms with Gasteiger partial charge in [-0.05, 0) is 43.2 Å². The lowest BCUT2D eigenvalue weighted by molar-refractivity contribution is 0.254. The van der Waals surface area contributed by atoms with Crippen molar-refractivity contribution in [2.24, 2.45) is 4.99 Å². The first-order chi connectivity index (χ1) is 13.3. The average Bonchev–Trinajstić information content (AvgIpc) is 3.28. The summed E-state index contributed by atoms with van der Waals surface area (Å²) in [4.78, 5) is 12.2. The third-order valence-corrected chi connectivity index (χ3v) is 6.28. The van der Waals surface area contributed by atoms with Crippen LogP contribution in [0.4, 0.5) is 0 Å². The SMILES string of the molecule is CCOc1ccc([C@@H]2[C@@H](c3ccccn3)N=C3SC[C@H](CC)N32)cc1OC. The van der Waals surface area contributed by atoms with Crippen molar-refractivity contribution in [2.45, 2.75) is 38.4 Å². The van der Waals surface area contributed by atoms with E-state index >= 15 is 0 Å². The topological polar surface area (TPSA) is 47.0 Å². The molecule has 6 heteroatoms. The predicted molar refractivity (Wildman–Crippen MR) is 110 cm³/mol. The molecule has 5 nitrogen and oxygen atoms in total. The number of benzene rings is 1. The minimum Gasteiger partial charge on any atom is -0.493 e. The monoisotopic (exact) mass is 383 g/mol. The number of thioether (sulfide) groups is 1. The molecule has 0 amide bonds. The summed E-state index contributed by atoms with van der Waals surface area (Å²) in [6.45, 7) is 4.84. The molecule has 0 spiro atoms. The van der Waals surface area contributed by atoms with Crippen LogP contribution in [0.15, 0.2) is 47.6 Å². The zero-order chi connectivity index (χ0) is 18.8. The number of amidine groups is 1. The van der Waals surface area contributed by atoms with Crippen LogP contribution in [0, 0.1) is 0 Å². The summed E-state index contributed by atoms with van der Waals surface area (Å²) in [5, 5.41) is 1.13. The van der Waals surface area contributed by atoms with Gasteiger partial charge in [0.05, 0.1) is 25.5 Å². The average molecular weight is 384 g/mol. The zero-order valence-electron chi connectivity index (χ0n) is 16.0. The number of methoxy groups -OCH3 is 1. The summed E-state index contributed by atoms with van der Waals surface area (Å²) in [5.74, 6) is 2.64. The fraction of sp³-hybridized carbons (Fsp3) is 0.429. The first kappa shape index (κ1) is 18.2. The van der Waals surface area contributed by atoms with Crippen LogP contribution < -0.4 is 9.47 Å². The van der Waals surface area contributed by atoms with Gasteiger partial charge in [0.2, 0.25) is 0 Å². The van der Waals surface area contributed by atoms with Crippen molar-refractivity contribution in [1.29, 1.82) is 0 Å². The Morgan fingerprint density at radius 1 is 1.19 bits per heavy atom. The Morgan fingerprint density at radius 3 is 2.78 bits per heavy atom. The van der Waals surface area contributed by atoms with Gasteiger partial charge >= 0.3 is 0 Å². The van der Waals surface area contributed by atoms with Gasteiger partial charge in [-0.1, -0.05) is 30.8 Å². The van der Waals surface area contributed by atoms with Crippen LogP contribution in [0.1, 0.15) is 43.6 Å². The van der Waals surface area contributed by atoms with E-state index in [1.807, 2.05) is 43.1 Å². The highest BCUT2D eigenvalue weighted by molar-refractivity contribution is 8.14. The number of aliphatic imine (C=N–C) groups is 1. The molecule has 27 heavy (non-hydrogen) atoms. The lowest BCUT2D eigenvalue weighted by atomic mass is 9.95. The van der Waals surface area contributed by atoms with Crippen molar-refractivity contribution in [3.63, 3.8) is 0 Å². The van der Waals surface area contributed by atoms with Gasteiger partial charge in [-0.3, -0.25) is 9.98 Å². The molecule has 0 saturated carbocycles. The van der Waals surface area contributed by atoms with Crippen molar-refractivity contribution < 1.29 is 9.47 Å². The fourth-order valence-electron chi connectivity index (χ4n) is 3.85. The Morgan fingerprint density at radius 2 is 2.07 bits per heavy atom. The standard InChI is InChI=1S/C21H25N3O2S/c1-4-15-13-27-21-23-19(16-8-6-7-11-22-16)20(24(15)21)14-9-10-17(26-5-2)18(12-14)25-3/h6-12,15,19-20H,4-5,13H2,1-3H3/t15-,19+,20+/m0/s1. The maximum Gasteiger partial charge on any atom is 0.161 e. The molecular weight excluding hydrogens is 358 g/mol. The highest BCUT2D eigenvalue weighted by Gasteiger charge is 2.45. The van der Waals surface area contributed by atoms with Crippen LogP contribution in [0.2, 0.25) is 0 Å². The van der Waals surface area contributed by atoms with Gasteiger partial charge in [-0.25, -0.2) is 0 Å². The first-order valence-electron chi connectivity index (χ1n) is 9.47. The Bertz CT molecular complexity index is 827. The highest BCUT2D eigenvalue weighted by atomic mass is 32.2. The molecule has 1 saturated heterocycles. The van der Waals surface area contributed by atoms with Crippen molar-refractivity contribution in [2.75, 3.05) is 19.5 Å². The van der Waals surface area contributed by atoms with E-state index in [1.54, 1.807) is 7.11 Å². The van der Waals surface area contributed by atoms with E-state index in [1.165, 1.54) is 5.56 Å². The van der Waals surface area contributed by atoms with Crippen LogP contribution >= 0.6 is 11.8 Å². The molecule has 0 N–H and O–H groups in total. The van der Waals surface area contributed by atoms with E-state index in [2.05, 4.69) is 35.0 Å². The molecule has 0 bridgehead atoms. The van der Waals surface area contributed by atoms with Gasteiger partial charge in [0.15, 0.2) is 16.7 Å². The van der Waals surface area contributed by atoms with E-state index in [0.29, 0.717) is 12.6 Å². The lowest BCUT2D eigenvalue weighted by Gasteiger charge is -2.32. The minimum absolute atomic E-state index is 0.00861. The Balaban J connectivity index is 1.77. The van der Waals surface area contributed by atoms with E-state index in [9.17, 15) is 0 Å². The van der Waals surface area contributed by atoms with E-state index in [0.717, 1.165) is 34.5 Å². The molecule has 1 aromatic carbocycles. The summed E-state index contributed by atoms with van der Waals surface area (Å²) >= 11 is 1.86. The molecular formula is C21H25N3O2S. The van der Waals surface area contributed by atoms with Crippen LogP contribution in [0.5, 0.6) is 11.5 Å². The Hall–Kier alpha value is -2.21. The van der Waals surface area contributed by atoms with E-state index in [-0.39, 0.29) is 12.1 Å². The summed E-state index contributed by atoms with van der Waals surface area (Å²) in [6.07, 6.45) is 2.95. The molecule has 142 valence electrons. The van der Waals surface area contributed by atoms with Crippen LogP contribution in [0.25, 0.3) is 0 Å². The van der Waals surface area contributed by atoms with Gasteiger partial charge in [0.25, 0.3) is 0 Å². The fourth-order valence-corrected chi connectivity index (χ4v) is 5.19. The number of aromatic nitrogens is 1. The normalized spacial score (nSPS) is 23.9. The van der Waals surface area contributed by atoms with E-state index < -0.39 is 0 Å². The van der Waals surface area contributed by atoms with Crippen molar-refractivity contribution in [3.05, 3.63) is 53.9 Å². The molecule has 2 aromatic rings. The van der Waals surface area contributed by atoms with Crippen molar-refractivity contribution >= 4 is 16.9 Å². The third kappa shape index (κ3) is 3.27. The summed E-state index contributed by atoms with van der Waals surface area (Å²) in [6, 6.07) is 12.9. The van der Waals surface area contributed by atoms with Crippen LogP contribution in [-0.4, -0.2) is 40.6 Å². The summed E-state index contributed by atoms with van der Waals surface area (Å²) in [5.41, 5.74) is 2.19. The molecule has 0 aliphatic carbocycles.